The summed E-state index contributed by atoms with van der Waals surface area (Å²) < 4.78 is 0. The number of H-pyrrole nitrogens is 1. The molecule has 1 heterocycles. The van der Waals surface area contributed by atoms with Crippen LogP contribution in [0.1, 0.15) is 25.5 Å². The Labute approximate surface area is 68.3 Å². The number of rotatable bonds is 1. The molecule has 0 saturated heterocycles. The fraction of sp³-hybridized carbons (Fsp3) is 0.429. The standard InChI is InChI=1S/C7H9N2OSi/c1-4(2)5-3-6(10)9-7(11)8-5/h3-4H,1-2H3,(H,8,9,10). The minimum atomic E-state index is -0.117. The van der Waals surface area contributed by atoms with Gasteiger partial charge in [-0.15, -0.1) is 0 Å². The summed E-state index contributed by atoms with van der Waals surface area (Å²) in [4.78, 5) is 17.5. The molecule has 0 bridgehead atoms. The highest BCUT2D eigenvalue weighted by atomic mass is 28.1. The molecule has 0 aliphatic rings. The summed E-state index contributed by atoms with van der Waals surface area (Å²) in [6, 6.07) is 1.51. The van der Waals surface area contributed by atoms with E-state index in [0.29, 0.717) is 5.45 Å². The van der Waals surface area contributed by atoms with E-state index in [0.717, 1.165) is 5.69 Å². The van der Waals surface area contributed by atoms with Gasteiger partial charge in [-0.1, -0.05) is 13.8 Å². The predicted octanol–water partition coefficient (Wildman–Crippen LogP) is -0.313. The summed E-state index contributed by atoms with van der Waals surface area (Å²) in [5.74, 6) is 0.285. The second kappa shape index (κ2) is 3.00. The van der Waals surface area contributed by atoms with Gasteiger partial charge in [0.05, 0.1) is 5.45 Å². The fourth-order valence-electron chi connectivity index (χ4n) is 0.772. The van der Waals surface area contributed by atoms with Gasteiger partial charge in [0.1, 0.15) is 10.2 Å². The molecule has 0 atom stereocenters. The second-order valence-electron chi connectivity index (χ2n) is 2.67. The Hall–Kier alpha value is -0.903. The summed E-state index contributed by atoms with van der Waals surface area (Å²) in [6.45, 7) is 3.99. The molecule has 0 fully saturated rings. The van der Waals surface area contributed by atoms with E-state index in [-0.39, 0.29) is 11.5 Å². The van der Waals surface area contributed by atoms with Gasteiger partial charge in [0.15, 0.2) is 0 Å². The summed E-state index contributed by atoms with van der Waals surface area (Å²) >= 11 is 0. The zero-order valence-electron chi connectivity index (χ0n) is 6.51. The van der Waals surface area contributed by atoms with Crippen LogP contribution in [0, 0.1) is 0 Å². The second-order valence-corrected chi connectivity index (χ2v) is 3.15. The lowest BCUT2D eigenvalue weighted by Crippen LogP contribution is -2.24. The molecule has 0 unspecified atom stereocenters. The maximum Gasteiger partial charge on any atom is 0.250 e. The van der Waals surface area contributed by atoms with Gasteiger partial charge in [-0.05, 0) is 5.92 Å². The smallest absolute Gasteiger partial charge is 0.250 e. The Kier molecular flexibility index (Phi) is 2.24. The third-order valence-corrected chi connectivity index (χ3v) is 1.59. The van der Waals surface area contributed by atoms with Gasteiger partial charge in [0, 0.05) is 11.8 Å². The zero-order valence-corrected chi connectivity index (χ0v) is 7.51. The molecular weight excluding hydrogens is 156 g/mol. The number of hydrogen-bond acceptors (Lipinski definition) is 2. The molecule has 0 saturated carbocycles. The van der Waals surface area contributed by atoms with Crippen molar-refractivity contribution >= 4 is 15.7 Å². The largest absolute Gasteiger partial charge is 0.315 e. The number of aromatic nitrogens is 2. The molecule has 0 amide bonds. The Morgan fingerprint density at radius 2 is 2.27 bits per heavy atom. The van der Waals surface area contributed by atoms with E-state index in [9.17, 15) is 4.79 Å². The summed E-state index contributed by atoms with van der Waals surface area (Å²) in [5.41, 5.74) is 1.17. The molecule has 0 aromatic carbocycles. The molecule has 0 aliphatic carbocycles. The van der Waals surface area contributed by atoms with E-state index in [1.807, 2.05) is 13.8 Å². The summed E-state index contributed by atoms with van der Waals surface area (Å²) in [6.07, 6.45) is 0. The van der Waals surface area contributed by atoms with Crippen LogP contribution in [0.3, 0.4) is 0 Å². The van der Waals surface area contributed by atoms with Gasteiger partial charge in [-0.2, -0.15) is 0 Å². The van der Waals surface area contributed by atoms with E-state index in [4.69, 9.17) is 0 Å². The lowest BCUT2D eigenvalue weighted by atomic mass is 10.1. The zero-order chi connectivity index (χ0) is 8.43. The van der Waals surface area contributed by atoms with E-state index in [1.54, 1.807) is 0 Å². The first-order chi connectivity index (χ1) is 5.09. The van der Waals surface area contributed by atoms with Crippen LogP contribution in [0.5, 0.6) is 0 Å². The lowest BCUT2D eigenvalue weighted by Gasteiger charge is -2.02. The highest BCUT2D eigenvalue weighted by Crippen LogP contribution is 2.05. The summed E-state index contributed by atoms with van der Waals surface area (Å²) in [7, 11) is 3.16. The average molecular weight is 165 g/mol. The third kappa shape index (κ3) is 2.01. The van der Waals surface area contributed by atoms with Gasteiger partial charge in [0.2, 0.25) is 0 Å². The van der Waals surface area contributed by atoms with E-state index in [1.165, 1.54) is 6.07 Å². The van der Waals surface area contributed by atoms with Crippen LogP contribution in [-0.4, -0.2) is 20.2 Å². The molecule has 3 radical (unpaired) electrons. The van der Waals surface area contributed by atoms with Crippen molar-refractivity contribution in [2.24, 2.45) is 0 Å². The van der Waals surface area contributed by atoms with Crippen molar-refractivity contribution in [2.45, 2.75) is 19.8 Å². The highest BCUT2D eigenvalue weighted by Gasteiger charge is 2.01. The van der Waals surface area contributed by atoms with Gasteiger partial charge in [-0.3, -0.25) is 4.79 Å². The van der Waals surface area contributed by atoms with E-state index in [2.05, 4.69) is 20.2 Å². The normalized spacial score (nSPS) is 10.5. The molecule has 11 heavy (non-hydrogen) atoms. The van der Waals surface area contributed by atoms with E-state index >= 15 is 0 Å². The average Bonchev–Trinajstić information content (AvgIpc) is 1.85. The van der Waals surface area contributed by atoms with Crippen molar-refractivity contribution in [1.29, 1.82) is 0 Å². The van der Waals surface area contributed by atoms with E-state index < -0.39 is 0 Å². The first kappa shape index (κ1) is 8.20. The Bertz CT molecular complexity index is 306. The van der Waals surface area contributed by atoms with Crippen molar-refractivity contribution < 1.29 is 0 Å². The minimum absolute atomic E-state index is 0.117. The van der Waals surface area contributed by atoms with Crippen LogP contribution in [-0.2, 0) is 0 Å². The van der Waals surface area contributed by atoms with Crippen molar-refractivity contribution in [1.82, 2.24) is 9.97 Å². The molecule has 0 aliphatic heterocycles. The molecule has 3 nitrogen and oxygen atoms in total. The molecule has 4 heteroatoms. The van der Waals surface area contributed by atoms with Crippen LogP contribution >= 0.6 is 0 Å². The quantitative estimate of drug-likeness (QED) is 0.580. The number of hydrogen-bond donors (Lipinski definition) is 1. The number of aromatic amines is 1. The van der Waals surface area contributed by atoms with Crippen LogP contribution in [0.2, 0.25) is 0 Å². The molecule has 1 rings (SSSR count). The van der Waals surface area contributed by atoms with Crippen molar-refractivity contribution in [3.8, 4) is 0 Å². The summed E-state index contributed by atoms with van der Waals surface area (Å²) in [5, 5.41) is 0. The minimum Gasteiger partial charge on any atom is -0.315 e. The Morgan fingerprint density at radius 1 is 1.64 bits per heavy atom. The van der Waals surface area contributed by atoms with Crippen molar-refractivity contribution in [3.63, 3.8) is 0 Å². The molecule has 57 valence electrons. The van der Waals surface area contributed by atoms with Crippen LogP contribution in [0.25, 0.3) is 0 Å². The van der Waals surface area contributed by atoms with Crippen LogP contribution in [0.4, 0.5) is 0 Å². The van der Waals surface area contributed by atoms with Crippen LogP contribution < -0.4 is 11.0 Å². The number of nitrogens with zero attached hydrogens (tertiary/aromatic N) is 1. The highest BCUT2D eigenvalue weighted by molar-refractivity contribution is 6.28. The topological polar surface area (TPSA) is 45.8 Å². The molecule has 1 N–H and O–H groups in total. The molecule has 0 spiro atoms. The van der Waals surface area contributed by atoms with Gasteiger partial charge in [0.25, 0.3) is 5.56 Å². The fourth-order valence-corrected chi connectivity index (χ4v) is 1.02. The van der Waals surface area contributed by atoms with Gasteiger partial charge >= 0.3 is 0 Å². The lowest BCUT2D eigenvalue weighted by molar-refractivity contribution is 0.817. The third-order valence-electron chi connectivity index (χ3n) is 1.35. The Morgan fingerprint density at radius 3 is 2.73 bits per heavy atom. The van der Waals surface area contributed by atoms with Crippen molar-refractivity contribution in [3.05, 3.63) is 22.1 Å². The molecular formula is C7H9N2OSi. The molecule has 1 aromatic rings. The maximum atomic E-state index is 10.9. The molecule has 1 aromatic heterocycles. The van der Waals surface area contributed by atoms with Crippen LogP contribution in [0.15, 0.2) is 10.9 Å². The monoisotopic (exact) mass is 165 g/mol. The maximum absolute atomic E-state index is 10.9. The van der Waals surface area contributed by atoms with Gasteiger partial charge < -0.3 is 4.98 Å². The van der Waals surface area contributed by atoms with Gasteiger partial charge in [-0.25, -0.2) is 4.98 Å². The van der Waals surface area contributed by atoms with Crippen molar-refractivity contribution in [2.75, 3.05) is 0 Å². The SMILES string of the molecule is CC(C)c1cc(=O)[nH]c([Si])n1. The first-order valence-electron chi connectivity index (χ1n) is 3.42. The first-order valence-corrected chi connectivity index (χ1v) is 3.92. The predicted molar refractivity (Wildman–Crippen MR) is 44.3 cm³/mol. The number of nitrogens with one attached hydrogen (secondary N) is 1. The Balaban J connectivity index is 3.19.